The fourth-order valence-electron chi connectivity index (χ4n) is 2.40. The van der Waals surface area contributed by atoms with Gasteiger partial charge in [-0.2, -0.15) is 0 Å². The summed E-state index contributed by atoms with van der Waals surface area (Å²) in [6.07, 6.45) is 3.18. The van der Waals surface area contributed by atoms with Crippen LogP contribution < -0.4 is 0 Å². The van der Waals surface area contributed by atoms with Gasteiger partial charge in [0.2, 0.25) is 0 Å². The number of hydrogen-bond donors (Lipinski definition) is 0. The van der Waals surface area contributed by atoms with E-state index >= 15 is 0 Å². The number of thiazole rings is 1. The highest BCUT2D eigenvalue weighted by Crippen LogP contribution is 2.38. The van der Waals surface area contributed by atoms with Crippen LogP contribution in [0.4, 0.5) is 0 Å². The van der Waals surface area contributed by atoms with E-state index < -0.39 is 0 Å². The maximum Gasteiger partial charge on any atom is 0.175 e. The van der Waals surface area contributed by atoms with Gasteiger partial charge in [-0.15, -0.1) is 11.3 Å². The minimum atomic E-state index is 0.0109. The van der Waals surface area contributed by atoms with Gasteiger partial charge in [-0.3, -0.25) is 4.79 Å². The summed E-state index contributed by atoms with van der Waals surface area (Å²) in [6.45, 7) is 6.08. The Labute approximate surface area is 115 Å². The van der Waals surface area contributed by atoms with Crippen LogP contribution in [-0.4, -0.2) is 20.7 Å². The van der Waals surface area contributed by atoms with Crippen LogP contribution in [0, 0.1) is 12.3 Å². The number of rotatable bonds is 1. The monoisotopic (exact) mass is 273 g/mol. The van der Waals surface area contributed by atoms with Crippen LogP contribution >= 0.6 is 11.3 Å². The maximum absolute atomic E-state index is 12.2. The van der Waals surface area contributed by atoms with E-state index in [4.69, 9.17) is 0 Å². The van der Waals surface area contributed by atoms with Crippen molar-refractivity contribution in [3.8, 4) is 10.7 Å². The molecule has 0 fully saturated rings. The molecule has 2 heterocycles. The Bertz CT molecular complexity index is 660. The Balaban J connectivity index is 2.06. The van der Waals surface area contributed by atoms with Gasteiger partial charge in [0, 0.05) is 12.6 Å². The van der Waals surface area contributed by atoms with E-state index in [0.717, 1.165) is 33.5 Å². The van der Waals surface area contributed by atoms with Crippen molar-refractivity contribution in [1.82, 2.24) is 15.0 Å². The fourth-order valence-corrected chi connectivity index (χ4v) is 3.39. The number of fused-ring (bicyclic) bond motifs is 1. The molecule has 0 aliphatic heterocycles. The smallest absolute Gasteiger partial charge is 0.175 e. The molecule has 1 aliphatic rings. The number of aryl methyl sites for hydroxylation is 1. The molecule has 0 N–H and O–H groups in total. The summed E-state index contributed by atoms with van der Waals surface area (Å²) in [5, 5.41) is 0.821. The number of aromatic nitrogens is 3. The third-order valence-corrected chi connectivity index (χ3v) is 4.39. The van der Waals surface area contributed by atoms with Gasteiger partial charge in [0.05, 0.1) is 10.6 Å². The predicted molar refractivity (Wildman–Crippen MR) is 74.3 cm³/mol. The van der Waals surface area contributed by atoms with E-state index in [2.05, 4.69) is 28.8 Å². The summed E-state index contributed by atoms with van der Waals surface area (Å²) in [6, 6.07) is 1.84. The number of nitrogens with zero attached hydrogens (tertiary/aromatic N) is 3. The Kier molecular flexibility index (Phi) is 2.74. The molecule has 2 aromatic heterocycles. The number of hydrogen-bond acceptors (Lipinski definition) is 5. The van der Waals surface area contributed by atoms with Gasteiger partial charge in [-0.05, 0) is 24.8 Å². The van der Waals surface area contributed by atoms with Crippen LogP contribution in [0.2, 0.25) is 0 Å². The Morgan fingerprint density at radius 2 is 2.05 bits per heavy atom. The van der Waals surface area contributed by atoms with Crippen molar-refractivity contribution in [1.29, 1.82) is 0 Å². The van der Waals surface area contributed by atoms with Crippen molar-refractivity contribution in [3.63, 3.8) is 0 Å². The van der Waals surface area contributed by atoms with Crippen molar-refractivity contribution < 1.29 is 4.79 Å². The summed E-state index contributed by atoms with van der Waals surface area (Å²) in [5.41, 5.74) is 1.74. The zero-order chi connectivity index (χ0) is 13.6. The first kappa shape index (κ1) is 12.4. The van der Waals surface area contributed by atoms with Crippen LogP contribution in [0.15, 0.2) is 12.3 Å². The van der Waals surface area contributed by atoms with Gasteiger partial charge in [0.1, 0.15) is 16.5 Å². The topological polar surface area (TPSA) is 55.7 Å². The second-order valence-corrected chi connectivity index (χ2v) is 6.72. The second-order valence-electron chi connectivity index (χ2n) is 5.72. The predicted octanol–water partition coefficient (Wildman–Crippen LogP) is 3.06. The zero-order valence-electron chi connectivity index (χ0n) is 11.2. The van der Waals surface area contributed by atoms with Crippen molar-refractivity contribution in [2.75, 3.05) is 0 Å². The molecule has 2 aromatic rings. The van der Waals surface area contributed by atoms with Crippen molar-refractivity contribution in [2.24, 2.45) is 5.41 Å². The molecule has 0 spiro atoms. The summed E-state index contributed by atoms with van der Waals surface area (Å²) in [4.78, 5) is 26.0. The number of carbonyl (C=O) groups is 1. The highest BCUT2D eigenvalue weighted by molar-refractivity contribution is 7.17. The van der Waals surface area contributed by atoms with Gasteiger partial charge >= 0.3 is 0 Å². The number of carbonyl (C=O) groups excluding carboxylic acids is 1. The van der Waals surface area contributed by atoms with Crippen LogP contribution in [0.25, 0.3) is 10.7 Å². The lowest BCUT2D eigenvalue weighted by atomic mass is 9.78. The third kappa shape index (κ3) is 2.30. The Hall–Kier alpha value is -1.62. The SMILES string of the molecule is Cc1nccc(-c2nc3c(s2)C(=O)CC(C)(C)C3)n1. The second kappa shape index (κ2) is 4.20. The number of ketones is 1. The summed E-state index contributed by atoms with van der Waals surface area (Å²) < 4.78 is 0. The molecule has 0 atom stereocenters. The van der Waals surface area contributed by atoms with Crippen LogP contribution in [0.3, 0.4) is 0 Å². The van der Waals surface area contributed by atoms with Gasteiger partial charge in [-0.25, -0.2) is 15.0 Å². The molecular formula is C14H15N3OS. The van der Waals surface area contributed by atoms with Crippen LogP contribution in [0.1, 0.15) is 41.5 Å². The minimum absolute atomic E-state index is 0.0109. The average Bonchev–Trinajstić information content (AvgIpc) is 2.71. The molecule has 0 unspecified atom stereocenters. The zero-order valence-corrected chi connectivity index (χ0v) is 12.0. The molecule has 0 amide bonds. The highest BCUT2D eigenvalue weighted by atomic mass is 32.1. The summed E-state index contributed by atoms with van der Waals surface area (Å²) in [7, 11) is 0. The minimum Gasteiger partial charge on any atom is -0.293 e. The standard InChI is InChI=1S/C14H15N3OS/c1-8-15-5-4-9(16-8)13-17-10-6-14(2,3)7-11(18)12(10)19-13/h4-5H,6-7H2,1-3H3. The molecule has 1 aliphatic carbocycles. The molecule has 3 rings (SSSR count). The fraction of sp³-hybridized carbons (Fsp3) is 0.429. The molecule has 0 aromatic carbocycles. The average molecular weight is 273 g/mol. The van der Waals surface area contributed by atoms with E-state index in [1.807, 2.05) is 13.0 Å². The lowest BCUT2D eigenvalue weighted by molar-refractivity contribution is 0.0916. The van der Waals surface area contributed by atoms with Crippen LogP contribution in [-0.2, 0) is 6.42 Å². The van der Waals surface area contributed by atoms with Crippen molar-refractivity contribution in [3.05, 3.63) is 28.7 Å². The lowest BCUT2D eigenvalue weighted by Crippen LogP contribution is -2.25. The van der Waals surface area contributed by atoms with E-state index in [-0.39, 0.29) is 11.2 Å². The molecule has 19 heavy (non-hydrogen) atoms. The quantitative estimate of drug-likeness (QED) is 0.801. The van der Waals surface area contributed by atoms with Crippen LogP contribution in [0.5, 0.6) is 0 Å². The third-order valence-electron chi connectivity index (χ3n) is 3.23. The molecular weight excluding hydrogens is 258 g/mol. The first-order chi connectivity index (χ1) is 8.94. The van der Waals surface area contributed by atoms with E-state index in [1.54, 1.807) is 6.20 Å². The molecule has 0 bridgehead atoms. The van der Waals surface area contributed by atoms with Crippen molar-refractivity contribution in [2.45, 2.75) is 33.6 Å². The van der Waals surface area contributed by atoms with Gasteiger partial charge in [0.25, 0.3) is 0 Å². The molecule has 98 valence electrons. The molecule has 5 heteroatoms. The van der Waals surface area contributed by atoms with Crippen molar-refractivity contribution >= 4 is 17.1 Å². The van der Waals surface area contributed by atoms with Gasteiger partial charge < -0.3 is 0 Å². The molecule has 0 radical (unpaired) electrons. The van der Waals surface area contributed by atoms with Gasteiger partial charge in [-0.1, -0.05) is 13.8 Å². The lowest BCUT2D eigenvalue weighted by Gasteiger charge is -2.26. The van der Waals surface area contributed by atoms with E-state index in [1.165, 1.54) is 11.3 Å². The van der Waals surface area contributed by atoms with Gasteiger partial charge in [0.15, 0.2) is 5.78 Å². The Morgan fingerprint density at radius 3 is 2.79 bits per heavy atom. The first-order valence-electron chi connectivity index (χ1n) is 6.27. The van der Waals surface area contributed by atoms with E-state index in [0.29, 0.717) is 6.42 Å². The number of Topliss-reactive ketones (excluding diaryl/α,β-unsaturated/α-hetero) is 1. The largest absolute Gasteiger partial charge is 0.293 e. The summed E-state index contributed by atoms with van der Waals surface area (Å²) >= 11 is 1.46. The maximum atomic E-state index is 12.2. The first-order valence-corrected chi connectivity index (χ1v) is 7.09. The Morgan fingerprint density at radius 1 is 1.26 bits per heavy atom. The summed E-state index contributed by atoms with van der Waals surface area (Å²) in [5.74, 6) is 0.929. The molecule has 0 saturated heterocycles. The molecule has 0 saturated carbocycles. The van der Waals surface area contributed by atoms with E-state index in [9.17, 15) is 4.79 Å². The molecule has 4 nitrogen and oxygen atoms in total. The normalized spacial score (nSPS) is 17.3. The highest BCUT2D eigenvalue weighted by Gasteiger charge is 2.34.